The van der Waals surface area contributed by atoms with Gasteiger partial charge in [-0.3, -0.25) is 0 Å². The molecule has 58 valence electrons. The summed E-state index contributed by atoms with van der Waals surface area (Å²) in [5.41, 5.74) is 0.0833. The Hall–Kier alpha value is -1.21. The first-order valence-electron chi connectivity index (χ1n) is 2.66. The predicted octanol–water partition coefficient (Wildman–Crippen LogP) is 1.55. The number of halogens is 1. The van der Waals surface area contributed by atoms with Crippen LogP contribution in [0.1, 0.15) is 5.56 Å². The van der Waals surface area contributed by atoms with E-state index in [1.165, 1.54) is 18.2 Å². The molecule has 0 saturated heterocycles. The number of hydrogen-bond donors (Lipinski definition) is 2. The average Bonchev–Trinajstić information content (AvgIpc) is 1.94. The van der Waals surface area contributed by atoms with Gasteiger partial charge in [0.15, 0.2) is 0 Å². The molecule has 4 heteroatoms. The molecule has 0 radical (unpaired) electrons. The van der Waals surface area contributed by atoms with Gasteiger partial charge >= 0.3 is 0 Å². The zero-order valence-electron chi connectivity index (χ0n) is 5.48. The molecule has 1 aromatic carbocycles. The van der Waals surface area contributed by atoms with Crippen molar-refractivity contribution in [3.05, 3.63) is 23.8 Å². The van der Waals surface area contributed by atoms with E-state index in [0.29, 0.717) is 0 Å². The summed E-state index contributed by atoms with van der Waals surface area (Å²) < 4.78 is 0. The van der Waals surface area contributed by atoms with E-state index < -0.39 is 0 Å². The Kier molecular flexibility index (Phi) is 3.42. The number of aromatic hydroxyl groups is 2. The highest BCUT2D eigenvalue weighted by Crippen LogP contribution is 2.20. The topological polar surface area (TPSA) is 64.2 Å². The van der Waals surface area contributed by atoms with Gasteiger partial charge in [0.05, 0.1) is 5.56 Å². The molecule has 0 aromatic heterocycles. The first-order valence-corrected chi connectivity index (χ1v) is 2.66. The lowest BCUT2D eigenvalue weighted by Gasteiger charge is -1.94. The molecule has 0 fully saturated rings. The molecule has 11 heavy (non-hydrogen) atoms. The van der Waals surface area contributed by atoms with E-state index in [1.807, 2.05) is 0 Å². The Morgan fingerprint density at radius 3 is 2.36 bits per heavy atom. The van der Waals surface area contributed by atoms with Crippen LogP contribution in [-0.4, -0.2) is 10.2 Å². The number of benzene rings is 1. The summed E-state index contributed by atoms with van der Waals surface area (Å²) in [5, 5.41) is 26.0. The van der Waals surface area contributed by atoms with Crippen molar-refractivity contribution in [2.45, 2.75) is 0 Å². The Bertz CT molecular complexity index is 293. The number of nitrogens with zero attached hydrogens (tertiary/aromatic N) is 1. The second-order valence-electron chi connectivity index (χ2n) is 1.81. The minimum Gasteiger partial charge on any atom is -0.508 e. The third-order valence-electron chi connectivity index (χ3n) is 1.10. The van der Waals surface area contributed by atoms with Crippen molar-refractivity contribution in [3.8, 4) is 17.6 Å². The molecule has 0 spiro atoms. The molecule has 0 heterocycles. The van der Waals surface area contributed by atoms with Gasteiger partial charge in [0.25, 0.3) is 0 Å². The van der Waals surface area contributed by atoms with E-state index in [-0.39, 0.29) is 34.0 Å². The van der Waals surface area contributed by atoms with Gasteiger partial charge in [-0.15, -0.1) is 17.0 Å². The molecule has 1 aromatic rings. The first kappa shape index (κ1) is 9.79. The molecule has 0 aliphatic rings. The van der Waals surface area contributed by atoms with E-state index >= 15 is 0 Å². The van der Waals surface area contributed by atoms with Crippen LogP contribution in [0.2, 0.25) is 0 Å². The summed E-state index contributed by atoms with van der Waals surface area (Å²) in [7, 11) is 0. The maximum Gasteiger partial charge on any atom is 0.133 e. The number of phenols is 2. The minimum absolute atomic E-state index is 0. The zero-order valence-corrected chi connectivity index (χ0v) is 7.20. The Morgan fingerprint density at radius 2 is 1.91 bits per heavy atom. The van der Waals surface area contributed by atoms with Crippen LogP contribution in [0.15, 0.2) is 18.2 Å². The third-order valence-corrected chi connectivity index (χ3v) is 1.10. The highest BCUT2D eigenvalue weighted by Gasteiger charge is 1.98. The van der Waals surface area contributed by atoms with Crippen molar-refractivity contribution in [1.29, 1.82) is 5.26 Å². The number of phenolic OH excluding ortho intramolecular Hbond substituents is 2. The van der Waals surface area contributed by atoms with Crippen LogP contribution >= 0.6 is 17.0 Å². The minimum atomic E-state index is -0.111. The van der Waals surface area contributed by atoms with Crippen molar-refractivity contribution < 1.29 is 10.2 Å². The lowest BCUT2D eigenvalue weighted by atomic mass is 10.2. The Balaban J connectivity index is 0.000001000. The molecular formula is C7H6BrNO2. The molecule has 3 nitrogen and oxygen atoms in total. The van der Waals surface area contributed by atoms with Gasteiger partial charge in [-0.2, -0.15) is 5.26 Å². The molecular weight excluding hydrogens is 210 g/mol. The monoisotopic (exact) mass is 215 g/mol. The van der Waals surface area contributed by atoms with E-state index in [0.717, 1.165) is 0 Å². The maximum absolute atomic E-state index is 8.90. The fourth-order valence-corrected chi connectivity index (χ4v) is 0.614. The fraction of sp³-hybridized carbons (Fsp3) is 0. The van der Waals surface area contributed by atoms with Gasteiger partial charge in [-0.05, 0) is 12.1 Å². The van der Waals surface area contributed by atoms with Crippen molar-refractivity contribution >= 4 is 17.0 Å². The van der Waals surface area contributed by atoms with E-state index in [2.05, 4.69) is 0 Å². The molecule has 1 rings (SSSR count). The highest BCUT2D eigenvalue weighted by atomic mass is 79.9. The van der Waals surface area contributed by atoms with Gasteiger partial charge in [0.1, 0.15) is 17.6 Å². The van der Waals surface area contributed by atoms with Crippen molar-refractivity contribution in [2.75, 3.05) is 0 Å². The van der Waals surface area contributed by atoms with Crippen LogP contribution in [0.3, 0.4) is 0 Å². The molecule has 0 saturated carbocycles. The molecule has 0 amide bonds. The van der Waals surface area contributed by atoms with Crippen molar-refractivity contribution in [2.24, 2.45) is 0 Å². The summed E-state index contributed by atoms with van der Waals surface area (Å²) in [6.07, 6.45) is 0. The predicted molar refractivity (Wildman–Crippen MR) is 44.8 cm³/mol. The standard InChI is InChI=1S/C7H5NO2.BrH/c8-4-5-3-6(9)1-2-7(5)10;/h1-3,9-10H;1H. The quantitative estimate of drug-likeness (QED) is 0.646. The SMILES string of the molecule is Br.N#Cc1cc(O)ccc1O. The van der Waals surface area contributed by atoms with Gasteiger partial charge < -0.3 is 10.2 Å². The second-order valence-corrected chi connectivity index (χ2v) is 1.81. The van der Waals surface area contributed by atoms with E-state index in [9.17, 15) is 0 Å². The van der Waals surface area contributed by atoms with E-state index in [1.54, 1.807) is 6.07 Å². The first-order chi connectivity index (χ1) is 4.74. The van der Waals surface area contributed by atoms with Crippen LogP contribution in [0.25, 0.3) is 0 Å². The summed E-state index contributed by atoms with van der Waals surface area (Å²) in [6.45, 7) is 0. The largest absolute Gasteiger partial charge is 0.508 e. The van der Waals surface area contributed by atoms with Crippen molar-refractivity contribution in [1.82, 2.24) is 0 Å². The van der Waals surface area contributed by atoms with Crippen LogP contribution < -0.4 is 0 Å². The van der Waals surface area contributed by atoms with Crippen LogP contribution in [0, 0.1) is 11.3 Å². The van der Waals surface area contributed by atoms with Crippen LogP contribution in [0.5, 0.6) is 11.5 Å². The number of rotatable bonds is 0. The van der Waals surface area contributed by atoms with Gasteiger partial charge in [0, 0.05) is 6.07 Å². The normalized spacial score (nSPS) is 7.91. The summed E-state index contributed by atoms with van der Waals surface area (Å²) in [4.78, 5) is 0. The van der Waals surface area contributed by atoms with Crippen molar-refractivity contribution in [3.63, 3.8) is 0 Å². The summed E-state index contributed by atoms with van der Waals surface area (Å²) >= 11 is 0. The smallest absolute Gasteiger partial charge is 0.133 e. The molecule has 0 bridgehead atoms. The fourth-order valence-electron chi connectivity index (χ4n) is 0.614. The Labute approximate surface area is 74.3 Å². The highest BCUT2D eigenvalue weighted by molar-refractivity contribution is 8.93. The molecule has 0 aliphatic heterocycles. The lowest BCUT2D eigenvalue weighted by molar-refractivity contribution is 0.459. The second kappa shape index (κ2) is 3.84. The molecule has 2 N–H and O–H groups in total. The van der Waals surface area contributed by atoms with Gasteiger partial charge in [-0.1, -0.05) is 0 Å². The van der Waals surface area contributed by atoms with Gasteiger partial charge in [0.2, 0.25) is 0 Å². The lowest BCUT2D eigenvalue weighted by Crippen LogP contribution is -1.74. The number of nitriles is 1. The zero-order chi connectivity index (χ0) is 7.56. The van der Waals surface area contributed by atoms with Crippen LogP contribution in [-0.2, 0) is 0 Å². The summed E-state index contributed by atoms with van der Waals surface area (Å²) in [6, 6.07) is 5.52. The summed E-state index contributed by atoms with van der Waals surface area (Å²) in [5.74, 6) is -0.130. The van der Waals surface area contributed by atoms with E-state index in [4.69, 9.17) is 15.5 Å². The third kappa shape index (κ3) is 2.13. The van der Waals surface area contributed by atoms with Crippen LogP contribution in [0.4, 0.5) is 0 Å². The Morgan fingerprint density at radius 1 is 1.27 bits per heavy atom. The average molecular weight is 216 g/mol. The molecule has 0 unspecified atom stereocenters. The van der Waals surface area contributed by atoms with Gasteiger partial charge in [-0.25, -0.2) is 0 Å². The maximum atomic E-state index is 8.90. The number of hydrogen-bond acceptors (Lipinski definition) is 3. The molecule has 0 aliphatic carbocycles. The molecule has 0 atom stereocenters.